The normalized spacial score (nSPS) is 15.3. The van der Waals surface area contributed by atoms with Crippen molar-refractivity contribution >= 4 is 17.5 Å². The minimum atomic E-state index is -0.242. The van der Waals surface area contributed by atoms with Gasteiger partial charge in [-0.25, -0.2) is 0 Å². The molecular weight excluding hydrogens is 330 g/mol. The SMILES string of the molecule is O=C(c1ccc(O)cc1O)N1CCC(Oc2cccc(Cl)c2)CC1. The third-order valence-electron chi connectivity index (χ3n) is 4.04. The van der Waals surface area contributed by atoms with Crippen LogP contribution in [0.5, 0.6) is 17.2 Å². The van der Waals surface area contributed by atoms with Crippen molar-refractivity contribution in [2.75, 3.05) is 13.1 Å². The fourth-order valence-corrected chi connectivity index (χ4v) is 2.96. The molecule has 0 saturated carbocycles. The predicted molar refractivity (Wildman–Crippen MR) is 90.8 cm³/mol. The maximum Gasteiger partial charge on any atom is 0.257 e. The van der Waals surface area contributed by atoms with E-state index in [2.05, 4.69) is 0 Å². The summed E-state index contributed by atoms with van der Waals surface area (Å²) in [4.78, 5) is 14.2. The van der Waals surface area contributed by atoms with Gasteiger partial charge in [0.15, 0.2) is 0 Å². The molecule has 1 fully saturated rings. The minimum Gasteiger partial charge on any atom is -0.508 e. The molecule has 1 aliphatic heterocycles. The van der Waals surface area contributed by atoms with Crippen LogP contribution < -0.4 is 4.74 Å². The Morgan fingerprint density at radius 3 is 2.54 bits per heavy atom. The first-order valence-electron chi connectivity index (χ1n) is 7.76. The molecule has 1 saturated heterocycles. The quantitative estimate of drug-likeness (QED) is 0.892. The van der Waals surface area contributed by atoms with Gasteiger partial charge in [-0.3, -0.25) is 4.79 Å². The van der Waals surface area contributed by atoms with Crippen LogP contribution in [0, 0.1) is 0 Å². The lowest BCUT2D eigenvalue weighted by molar-refractivity contribution is 0.0593. The van der Waals surface area contributed by atoms with Gasteiger partial charge in [-0.05, 0) is 30.3 Å². The molecule has 1 heterocycles. The van der Waals surface area contributed by atoms with Crippen molar-refractivity contribution in [3.05, 3.63) is 53.1 Å². The van der Waals surface area contributed by atoms with Gasteiger partial charge < -0.3 is 19.8 Å². The molecular formula is C18H18ClNO4. The first-order valence-corrected chi connectivity index (χ1v) is 8.14. The number of hydrogen-bond acceptors (Lipinski definition) is 4. The smallest absolute Gasteiger partial charge is 0.257 e. The van der Waals surface area contributed by atoms with Crippen LogP contribution in [0.15, 0.2) is 42.5 Å². The second kappa shape index (κ2) is 7.01. The average molecular weight is 348 g/mol. The fraction of sp³-hybridized carbons (Fsp3) is 0.278. The Balaban J connectivity index is 1.59. The van der Waals surface area contributed by atoms with E-state index in [-0.39, 0.29) is 29.1 Å². The molecule has 2 aromatic rings. The monoisotopic (exact) mass is 347 g/mol. The minimum absolute atomic E-state index is 0.0286. The van der Waals surface area contributed by atoms with Gasteiger partial charge in [0.2, 0.25) is 0 Å². The summed E-state index contributed by atoms with van der Waals surface area (Å²) in [6.07, 6.45) is 1.44. The van der Waals surface area contributed by atoms with Crippen LogP contribution in [-0.4, -0.2) is 40.2 Å². The molecule has 2 aromatic carbocycles. The number of rotatable bonds is 3. The second-order valence-corrected chi connectivity index (χ2v) is 6.20. The van der Waals surface area contributed by atoms with Crippen molar-refractivity contribution in [3.8, 4) is 17.2 Å². The summed E-state index contributed by atoms with van der Waals surface area (Å²) < 4.78 is 5.90. The number of aromatic hydroxyl groups is 2. The van der Waals surface area contributed by atoms with Crippen LogP contribution in [0.3, 0.4) is 0 Å². The molecule has 126 valence electrons. The largest absolute Gasteiger partial charge is 0.508 e. The van der Waals surface area contributed by atoms with Crippen molar-refractivity contribution < 1.29 is 19.7 Å². The third-order valence-corrected chi connectivity index (χ3v) is 4.27. The van der Waals surface area contributed by atoms with Crippen molar-refractivity contribution in [3.63, 3.8) is 0 Å². The van der Waals surface area contributed by atoms with Crippen LogP contribution in [-0.2, 0) is 0 Å². The van der Waals surface area contributed by atoms with E-state index in [4.69, 9.17) is 16.3 Å². The predicted octanol–water partition coefficient (Wildman–Crippen LogP) is 3.43. The number of phenolic OH excluding ortho intramolecular Hbond substituents is 2. The lowest BCUT2D eigenvalue weighted by Gasteiger charge is -2.32. The van der Waals surface area contributed by atoms with Gasteiger partial charge in [-0.15, -0.1) is 0 Å². The summed E-state index contributed by atoms with van der Waals surface area (Å²) in [6.45, 7) is 1.09. The van der Waals surface area contributed by atoms with Gasteiger partial charge in [-0.2, -0.15) is 0 Å². The maximum atomic E-state index is 12.5. The van der Waals surface area contributed by atoms with E-state index in [0.717, 1.165) is 5.75 Å². The molecule has 0 unspecified atom stereocenters. The molecule has 0 radical (unpaired) electrons. The maximum absolute atomic E-state index is 12.5. The number of carbonyl (C=O) groups is 1. The number of ether oxygens (including phenoxy) is 1. The topological polar surface area (TPSA) is 70.0 Å². The Bertz CT molecular complexity index is 742. The molecule has 6 heteroatoms. The van der Waals surface area contributed by atoms with Gasteiger partial charge >= 0.3 is 0 Å². The van der Waals surface area contributed by atoms with Crippen molar-refractivity contribution in [2.45, 2.75) is 18.9 Å². The molecule has 0 aliphatic carbocycles. The number of hydrogen-bond donors (Lipinski definition) is 2. The van der Waals surface area contributed by atoms with Gasteiger partial charge in [0.05, 0.1) is 5.56 Å². The highest BCUT2D eigenvalue weighted by Crippen LogP contribution is 2.26. The highest BCUT2D eigenvalue weighted by molar-refractivity contribution is 6.30. The van der Waals surface area contributed by atoms with E-state index in [1.807, 2.05) is 12.1 Å². The van der Waals surface area contributed by atoms with E-state index in [0.29, 0.717) is 31.0 Å². The summed E-state index contributed by atoms with van der Waals surface area (Å²) in [7, 11) is 0. The standard InChI is InChI=1S/C18H18ClNO4/c19-12-2-1-3-15(10-12)24-14-6-8-20(9-7-14)18(23)16-5-4-13(21)11-17(16)22/h1-5,10-11,14,21-22H,6-9H2. The van der Waals surface area contributed by atoms with Crippen molar-refractivity contribution in [2.24, 2.45) is 0 Å². The zero-order valence-corrected chi connectivity index (χ0v) is 13.7. The van der Waals surface area contributed by atoms with Gasteiger partial charge in [0.25, 0.3) is 5.91 Å². The van der Waals surface area contributed by atoms with Crippen molar-refractivity contribution in [1.29, 1.82) is 0 Å². The van der Waals surface area contributed by atoms with Crippen molar-refractivity contribution in [1.82, 2.24) is 4.90 Å². The molecule has 5 nitrogen and oxygen atoms in total. The highest BCUT2D eigenvalue weighted by atomic mass is 35.5. The summed E-state index contributed by atoms with van der Waals surface area (Å²) in [5.74, 6) is 0.201. The van der Waals surface area contributed by atoms with Crippen LogP contribution >= 0.6 is 11.6 Å². The van der Waals surface area contributed by atoms with E-state index < -0.39 is 0 Å². The van der Waals surface area contributed by atoms with E-state index in [1.54, 1.807) is 17.0 Å². The second-order valence-electron chi connectivity index (χ2n) is 5.77. The molecule has 0 aromatic heterocycles. The molecule has 1 aliphatic rings. The summed E-state index contributed by atoms with van der Waals surface area (Å²) in [6, 6.07) is 11.3. The Kier molecular flexibility index (Phi) is 4.81. The Labute approximate surface area is 145 Å². The molecule has 0 spiro atoms. The first kappa shape index (κ1) is 16.5. The lowest BCUT2D eigenvalue weighted by Crippen LogP contribution is -2.41. The van der Waals surface area contributed by atoms with Crippen LogP contribution in [0.2, 0.25) is 5.02 Å². The molecule has 2 N–H and O–H groups in total. The van der Waals surface area contributed by atoms with Gasteiger partial charge in [0, 0.05) is 37.0 Å². The number of phenols is 2. The van der Waals surface area contributed by atoms with Gasteiger partial charge in [-0.1, -0.05) is 17.7 Å². The molecule has 1 amide bonds. The van der Waals surface area contributed by atoms with Crippen LogP contribution in [0.25, 0.3) is 0 Å². The number of amides is 1. The Morgan fingerprint density at radius 2 is 1.88 bits per heavy atom. The fourth-order valence-electron chi connectivity index (χ4n) is 2.78. The zero-order chi connectivity index (χ0) is 17.1. The van der Waals surface area contributed by atoms with Gasteiger partial charge in [0.1, 0.15) is 23.4 Å². The Morgan fingerprint density at radius 1 is 1.12 bits per heavy atom. The van der Waals surface area contributed by atoms with Crippen LogP contribution in [0.1, 0.15) is 23.2 Å². The number of piperidine rings is 1. The first-order chi connectivity index (χ1) is 11.5. The van der Waals surface area contributed by atoms with E-state index in [9.17, 15) is 15.0 Å². The molecule has 24 heavy (non-hydrogen) atoms. The molecule has 3 rings (SSSR count). The number of carbonyl (C=O) groups excluding carboxylic acids is 1. The zero-order valence-electron chi connectivity index (χ0n) is 13.0. The number of nitrogens with zero attached hydrogens (tertiary/aromatic N) is 1. The van der Waals surface area contributed by atoms with Crippen LogP contribution in [0.4, 0.5) is 0 Å². The number of likely N-dealkylation sites (tertiary alicyclic amines) is 1. The average Bonchev–Trinajstić information content (AvgIpc) is 2.55. The third kappa shape index (κ3) is 3.74. The molecule has 0 bridgehead atoms. The Hall–Kier alpha value is -2.40. The van der Waals surface area contributed by atoms with E-state index in [1.165, 1.54) is 18.2 Å². The number of benzene rings is 2. The summed E-state index contributed by atoms with van der Waals surface area (Å²) in [5, 5.41) is 19.8. The molecule has 0 atom stereocenters. The van der Waals surface area contributed by atoms with E-state index >= 15 is 0 Å². The highest BCUT2D eigenvalue weighted by Gasteiger charge is 2.26. The summed E-state index contributed by atoms with van der Waals surface area (Å²) in [5.41, 5.74) is 0.196. The lowest BCUT2D eigenvalue weighted by atomic mass is 10.1. The number of halogens is 1. The summed E-state index contributed by atoms with van der Waals surface area (Å²) >= 11 is 5.95.